The third-order valence-electron chi connectivity index (χ3n) is 10.0. The lowest BCUT2D eigenvalue weighted by atomic mass is 10.0. The molecule has 0 bridgehead atoms. The van der Waals surface area contributed by atoms with Crippen molar-refractivity contribution in [1.82, 2.24) is 39.5 Å². The zero-order valence-electron chi connectivity index (χ0n) is 32.9. The van der Waals surface area contributed by atoms with Crippen LogP contribution in [0.2, 0.25) is 5.02 Å². The highest BCUT2D eigenvalue weighted by Gasteiger charge is 2.32. The Kier molecular flexibility index (Phi) is 11.1. The molecule has 0 radical (unpaired) electrons. The number of carbonyl (C=O) groups excluding carboxylic acids is 1. The summed E-state index contributed by atoms with van der Waals surface area (Å²) in [6.07, 6.45) is 10.2. The molecule has 7 rings (SSSR count). The summed E-state index contributed by atoms with van der Waals surface area (Å²) >= 11 is 6.63. The molecule has 2 saturated heterocycles. The molecule has 3 aromatic heterocycles. The number of methoxy groups -OCH3 is 1. The number of benzene rings is 2. The predicted molar refractivity (Wildman–Crippen MR) is 222 cm³/mol. The van der Waals surface area contributed by atoms with Gasteiger partial charge in [0.05, 0.1) is 41.7 Å². The lowest BCUT2D eigenvalue weighted by Crippen LogP contribution is -2.54. The number of nitrogens with zero attached hydrogens (tertiary/aromatic N) is 9. The van der Waals surface area contributed by atoms with Crippen LogP contribution in [0, 0.1) is 0 Å². The summed E-state index contributed by atoms with van der Waals surface area (Å²) in [6, 6.07) is 8.15. The maximum absolute atomic E-state index is 13.5. The van der Waals surface area contributed by atoms with E-state index in [0.717, 1.165) is 55.8 Å². The number of piperidine rings is 1. The number of rotatable bonds is 9. The second kappa shape index (κ2) is 15.9. The van der Waals surface area contributed by atoms with Gasteiger partial charge >= 0.3 is 6.09 Å². The van der Waals surface area contributed by atoms with Crippen molar-refractivity contribution in [3.63, 3.8) is 0 Å². The zero-order chi connectivity index (χ0) is 39.8. The smallest absolute Gasteiger partial charge is 0.410 e. The Bertz CT molecular complexity index is 2280. The standard InChI is InChI=1S/C39H49ClN11O4P/c1-39(2,3)55-38(52)51-14-10-26(11-15-51)49-16-18-50(19-17-49)32-21-33(54-5)31(20-27(32)25-22-44-48(4)24-25)46-37-43-23-28(40)36(47-37)45-30-9-8-29-34(42-13-12-41-29)35(30)56(6,7)53/h8-9,12-13,20-24,26H,10-11,14-19H2,1-7H3,(H2,43,45,46,47). The van der Waals surface area contributed by atoms with Crippen molar-refractivity contribution in [3.05, 3.63) is 60.3 Å². The third-order valence-corrected chi connectivity index (χ3v) is 11.8. The molecule has 0 spiro atoms. The monoisotopic (exact) mass is 801 g/mol. The van der Waals surface area contributed by atoms with Crippen LogP contribution in [0.15, 0.2) is 55.2 Å². The maximum Gasteiger partial charge on any atom is 0.410 e. The maximum atomic E-state index is 13.5. The average molecular weight is 802 g/mol. The number of nitrogens with one attached hydrogen (secondary N) is 2. The van der Waals surface area contributed by atoms with Crippen LogP contribution in [0.25, 0.3) is 22.2 Å². The summed E-state index contributed by atoms with van der Waals surface area (Å²) in [5.41, 5.74) is 4.92. The Morgan fingerprint density at radius 2 is 1.68 bits per heavy atom. The Hall–Kier alpha value is -4.98. The van der Waals surface area contributed by atoms with Crippen LogP contribution < -0.4 is 25.6 Å². The number of amides is 1. The fourth-order valence-corrected chi connectivity index (χ4v) is 8.92. The van der Waals surface area contributed by atoms with Crippen molar-refractivity contribution >= 4 is 70.0 Å². The minimum absolute atomic E-state index is 0.230. The molecule has 1 amide bonds. The molecule has 0 aliphatic carbocycles. The summed E-state index contributed by atoms with van der Waals surface area (Å²) in [6.45, 7) is 14.0. The number of aromatic nitrogens is 6. The van der Waals surface area contributed by atoms with E-state index in [2.05, 4.69) is 46.6 Å². The molecule has 2 aliphatic heterocycles. The number of hydrogen-bond donors (Lipinski definition) is 2. The quantitative estimate of drug-likeness (QED) is 0.151. The molecular formula is C39H49ClN11O4P. The highest BCUT2D eigenvalue weighted by atomic mass is 35.5. The van der Waals surface area contributed by atoms with Crippen LogP contribution in [-0.4, -0.2) is 117 Å². The van der Waals surface area contributed by atoms with E-state index in [0.29, 0.717) is 58.4 Å². The third kappa shape index (κ3) is 8.69. The van der Waals surface area contributed by atoms with Gasteiger partial charge in [-0.25, -0.2) is 9.78 Å². The first-order valence-corrected chi connectivity index (χ1v) is 21.7. The molecule has 2 N–H and O–H groups in total. The van der Waals surface area contributed by atoms with Crippen LogP contribution in [-0.2, 0) is 16.3 Å². The normalized spacial score (nSPS) is 15.9. The predicted octanol–water partition coefficient (Wildman–Crippen LogP) is 6.74. The van der Waals surface area contributed by atoms with Gasteiger partial charge in [-0.3, -0.25) is 19.5 Å². The molecule has 0 unspecified atom stereocenters. The summed E-state index contributed by atoms with van der Waals surface area (Å²) in [4.78, 5) is 37.5. The van der Waals surface area contributed by atoms with Crippen LogP contribution >= 0.6 is 18.7 Å². The van der Waals surface area contributed by atoms with E-state index in [9.17, 15) is 9.36 Å². The SMILES string of the molecule is COc1cc(N2CCN(C3CCN(C(=O)OC(C)(C)C)CC3)CC2)c(-c2cnn(C)c2)cc1Nc1ncc(Cl)c(Nc2ccc3nccnc3c2P(C)(C)=O)n1. The van der Waals surface area contributed by atoms with E-state index >= 15 is 0 Å². The number of anilines is 5. The van der Waals surface area contributed by atoms with Crippen molar-refractivity contribution in [2.24, 2.45) is 7.05 Å². The van der Waals surface area contributed by atoms with Crippen molar-refractivity contribution in [3.8, 4) is 16.9 Å². The Morgan fingerprint density at radius 1 is 0.946 bits per heavy atom. The van der Waals surface area contributed by atoms with Gasteiger partial charge in [0.25, 0.3) is 0 Å². The van der Waals surface area contributed by atoms with E-state index < -0.39 is 12.7 Å². The second-order valence-corrected chi connectivity index (χ2v) is 19.1. The minimum Gasteiger partial charge on any atom is -0.494 e. The van der Waals surface area contributed by atoms with E-state index in [1.165, 1.54) is 6.20 Å². The van der Waals surface area contributed by atoms with E-state index in [1.807, 2.05) is 63.3 Å². The van der Waals surface area contributed by atoms with Gasteiger partial charge in [0.2, 0.25) is 5.95 Å². The minimum atomic E-state index is -2.82. The molecule has 5 aromatic rings. The number of hydrogen-bond acceptors (Lipinski definition) is 13. The van der Waals surface area contributed by atoms with Gasteiger partial charge in [-0.1, -0.05) is 11.6 Å². The first-order chi connectivity index (χ1) is 26.7. The molecule has 56 heavy (non-hydrogen) atoms. The van der Waals surface area contributed by atoms with Crippen LogP contribution in [0.5, 0.6) is 5.75 Å². The molecule has 296 valence electrons. The number of carbonyl (C=O) groups is 1. The lowest BCUT2D eigenvalue weighted by Gasteiger charge is -2.43. The molecule has 15 nitrogen and oxygen atoms in total. The summed E-state index contributed by atoms with van der Waals surface area (Å²) in [5, 5.41) is 12.0. The van der Waals surface area contributed by atoms with Crippen molar-refractivity contribution in [1.29, 1.82) is 0 Å². The van der Waals surface area contributed by atoms with Gasteiger partial charge in [0.1, 0.15) is 29.0 Å². The molecule has 0 saturated carbocycles. The Morgan fingerprint density at radius 3 is 2.34 bits per heavy atom. The largest absolute Gasteiger partial charge is 0.494 e. The van der Waals surface area contributed by atoms with Crippen LogP contribution in [0.4, 0.5) is 33.6 Å². The van der Waals surface area contributed by atoms with Crippen molar-refractivity contribution < 1.29 is 18.8 Å². The highest BCUT2D eigenvalue weighted by molar-refractivity contribution is 7.71. The molecule has 5 heterocycles. The second-order valence-electron chi connectivity index (χ2n) is 15.6. The molecular weight excluding hydrogens is 753 g/mol. The first kappa shape index (κ1) is 39.3. The molecule has 2 fully saturated rings. The van der Waals surface area contributed by atoms with Gasteiger partial charge < -0.3 is 34.5 Å². The number of piperazine rings is 1. The Labute approximate surface area is 332 Å². The topological polar surface area (TPSA) is 156 Å². The molecule has 2 aromatic carbocycles. The van der Waals surface area contributed by atoms with Gasteiger partial charge in [-0.15, -0.1) is 0 Å². The number of ether oxygens (including phenoxy) is 2. The van der Waals surface area contributed by atoms with Crippen LogP contribution in [0.1, 0.15) is 33.6 Å². The fourth-order valence-electron chi connectivity index (χ4n) is 7.39. The van der Waals surface area contributed by atoms with E-state index in [4.69, 9.17) is 26.1 Å². The van der Waals surface area contributed by atoms with Crippen LogP contribution in [0.3, 0.4) is 0 Å². The summed E-state index contributed by atoms with van der Waals surface area (Å²) < 4.78 is 26.9. The molecule has 2 aliphatic rings. The molecule has 0 atom stereocenters. The first-order valence-electron chi connectivity index (χ1n) is 18.7. The number of likely N-dealkylation sites (tertiary alicyclic amines) is 1. The Balaban J connectivity index is 1.11. The fraction of sp³-hybridized carbons (Fsp3) is 0.436. The van der Waals surface area contributed by atoms with E-state index in [1.54, 1.807) is 37.5 Å². The van der Waals surface area contributed by atoms with Gasteiger partial charge in [0, 0.05) is 93.8 Å². The number of halogens is 1. The number of aryl methyl sites for hydroxylation is 1. The van der Waals surface area contributed by atoms with Gasteiger partial charge in [0.15, 0.2) is 5.82 Å². The van der Waals surface area contributed by atoms with Gasteiger partial charge in [-0.05, 0) is 65.1 Å². The van der Waals surface area contributed by atoms with E-state index in [-0.39, 0.29) is 17.1 Å². The average Bonchev–Trinajstić information content (AvgIpc) is 3.60. The number of fused-ring (bicyclic) bond motifs is 1. The van der Waals surface area contributed by atoms with Crippen molar-refractivity contribution in [2.45, 2.75) is 45.3 Å². The highest BCUT2D eigenvalue weighted by Crippen LogP contribution is 2.43. The lowest BCUT2D eigenvalue weighted by molar-refractivity contribution is 0.0140. The summed E-state index contributed by atoms with van der Waals surface area (Å²) in [5.74, 6) is 1.23. The molecule has 17 heteroatoms. The zero-order valence-corrected chi connectivity index (χ0v) is 34.6. The summed E-state index contributed by atoms with van der Waals surface area (Å²) in [7, 11) is 0.726. The van der Waals surface area contributed by atoms with Crippen molar-refractivity contribution in [2.75, 3.05) is 75.2 Å². The van der Waals surface area contributed by atoms with Gasteiger partial charge in [-0.2, -0.15) is 10.1 Å².